The highest BCUT2D eigenvalue weighted by Gasteiger charge is 2.17. The van der Waals surface area contributed by atoms with E-state index in [1.54, 1.807) is 0 Å². The summed E-state index contributed by atoms with van der Waals surface area (Å²) in [6, 6.07) is 10.8. The summed E-state index contributed by atoms with van der Waals surface area (Å²) >= 11 is 0. The maximum Gasteiger partial charge on any atom is 0.0952 e. The second-order valence-electron chi connectivity index (χ2n) is 6.79. The van der Waals surface area contributed by atoms with E-state index in [1.807, 2.05) is 6.08 Å². The van der Waals surface area contributed by atoms with E-state index in [2.05, 4.69) is 71.9 Å². The Kier molecular flexibility index (Phi) is 4.02. The minimum atomic E-state index is -0.0998. The quantitative estimate of drug-likeness (QED) is 0.639. The van der Waals surface area contributed by atoms with Crippen molar-refractivity contribution in [3.05, 3.63) is 41.0 Å². The van der Waals surface area contributed by atoms with Crippen LogP contribution in [-0.2, 0) is 5.41 Å². The molecule has 0 aliphatic carbocycles. The molecule has 0 amide bonds. The van der Waals surface area contributed by atoms with Gasteiger partial charge in [-0.05, 0) is 28.0 Å². The molecule has 0 spiro atoms. The van der Waals surface area contributed by atoms with Gasteiger partial charge >= 0.3 is 0 Å². The number of hydrogen-bond donors (Lipinski definition) is 0. The molecule has 1 aromatic rings. The van der Waals surface area contributed by atoms with E-state index in [9.17, 15) is 5.26 Å². The van der Waals surface area contributed by atoms with E-state index in [0.717, 1.165) is 11.1 Å². The van der Waals surface area contributed by atoms with E-state index >= 15 is 0 Å². The summed E-state index contributed by atoms with van der Waals surface area (Å²) in [4.78, 5) is 0. The number of rotatable bonds is 1. The molecular formula is C17H23N. The van der Waals surface area contributed by atoms with Gasteiger partial charge in [0.25, 0.3) is 0 Å². The fraction of sp³-hybridized carbons (Fsp3) is 0.471. The molecule has 0 saturated carbocycles. The van der Waals surface area contributed by atoms with Crippen molar-refractivity contribution in [3.63, 3.8) is 0 Å². The van der Waals surface area contributed by atoms with Crippen LogP contribution in [0.4, 0.5) is 0 Å². The molecule has 0 aliphatic rings. The predicted molar refractivity (Wildman–Crippen MR) is 78.2 cm³/mol. The molecule has 96 valence electrons. The van der Waals surface area contributed by atoms with Gasteiger partial charge < -0.3 is 0 Å². The van der Waals surface area contributed by atoms with Crippen LogP contribution >= 0.6 is 0 Å². The van der Waals surface area contributed by atoms with Crippen LogP contribution in [0, 0.1) is 16.7 Å². The van der Waals surface area contributed by atoms with E-state index in [1.165, 1.54) is 5.56 Å². The van der Waals surface area contributed by atoms with Crippen molar-refractivity contribution in [1.29, 1.82) is 5.26 Å². The van der Waals surface area contributed by atoms with Crippen molar-refractivity contribution in [3.8, 4) is 6.07 Å². The van der Waals surface area contributed by atoms with Gasteiger partial charge in [-0.1, -0.05) is 65.8 Å². The van der Waals surface area contributed by atoms with Crippen LogP contribution in [0.5, 0.6) is 0 Å². The molecule has 0 aliphatic heterocycles. The van der Waals surface area contributed by atoms with Gasteiger partial charge in [-0.15, -0.1) is 0 Å². The first-order valence-corrected chi connectivity index (χ1v) is 6.37. The highest BCUT2D eigenvalue weighted by molar-refractivity contribution is 5.59. The van der Waals surface area contributed by atoms with E-state index in [0.29, 0.717) is 0 Å². The van der Waals surface area contributed by atoms with Crippen molar-refractivity contribution in [1.82, 2.24) is 0 Å². The highest BCUT2D eigenvalue weighted by atomic mass is 14.3. The average molecular weight is 241 g/mol. The molecule has 0 bridgehead atoms. The van der Waals surface area contributed by atoms with E-state index in [4.69, 9.17) is 0 Å². The molecule has 0 saturated heterocycles. The normalized spacial score (nSPS) is 13.3. The molecule has 0 fully saturated rings. The molecule has 0 N–H and O–H groups in total. The van der Waals surface area contributed by atoms with Crippen molar-refractivity contribution in [2.45, 2.75) is 47.0 Å². The molecule has 0 aromatic heterocycles. The monoisotopic (exact) mass is 241 g/mol. The molecule has 1 nitrogen and oxygen atoms in total. The van der Waals surface area contributed by atoms with Crippen molar-refractivity contribution in [2.75, 3.05) is 0 Å². The van der Waals surface area contributed by atoms with Crippen LogP contribution in [0.2, 0.25) is 0 Å². The first-order chi connectivity index (χ1) is 8.14. The number of hydrogen-bond acceptors (Lipinski definition) is 1. The second kappa shape index (κ2) is 4.98. The van der Waals surface area contributed by atoms with Gasteiger partial charge in [-0.3, -0.25) is 0 Å². The predicted octanol–water partition coefficient (Wildman–Crippen LogP) is 4.94. The molecule has 0 atom stereocenters. The van der Waals surface area contributed by atoms with Crippen LogP contribution in [0.15, 0.2) is 29.8 Å². The summed E-state index contributed by atoms with van der Waals surface area (Å²) in [5, 5.41) is 9.19. The van der Waals surface area contributed by atoms with Gasteiger partial charge in [0.05, 0.1) is 6.07 Å². The van der Waals surface area contributed by atoms with Crippen LogP contribution in [-0.4, -0.2) is 0 Å². The Balaban J connectivity index is 3.08. The van der Waals surface area contributed by atoms with Gasteiger partial charge in [-0.25, -0.2) is 0 Å². The molecule has 0 radical (unpaired) electrons. The molecule has 1 heteroatoms. The number of benzene rings is 1. The van der Waals surface area contributed by atoms with Crippen LogP contribution in [0.25, 0.3) is 6.08 Å². The summed E-state index contributed by atoms with van der Waals surface area (Å²) in [5.41, 5.74) is 3.29. The van der Waals surface area contributed by atoms with Gasteiger partial charge in [0.1, 0.15) is 0 Å². The lowest BCUT2D eigenvalue weighted by Crippen LogP contribution is -2.10. The Morgan fingerprint density at radius 1 is 1.00 bits per heavy atom. The minimum absolute atomic E-state index is 0.0998. The molecule has 1 rings (SSSR count). The zero-order valence-corrected chi connectivity index (χ0v) is 12.3. The third-order valence-electron chi connectivity index (χ3n) is 3.02. The Labute approximate surface area is 111 Å². The van der Waals surface area contributed by atoms with Crippen LogP contribution in [0.1, 0.15) is 52.7 Å². The minimum Gasteiger partial charge on any atom is -0.193 e. The summed E-state index contributed by atoms with van der Waals surface area (Å²) in [5.74, 6) is 0. The summed E-state index contributed by atoms with van der Waals surface area (Å²) < 4.78 is 0. The number of allylic oxidation sites excluding steroid dienone is 1. The average Bonchev–Trinajstić information content (AvgIpc) is 2.23. The maximum absolute atomic E-state index is 9.19. The lowest BCUT2D eigenvalue weighted by atomic mass is 9.84. The lowest BCUT2D eigenvalue weighted by Gasteiger charge is -2.19. The molecule has 18 heavy (non-hydrogen) atoms. The van der Waals surface area contributed by atoms with Gasteiger partial charge in [0, 0.05) is 5.57 Å². The standard InChI is InChI=1S/C17H23N/c1-16(2,3)14-9-7-13(8-10-14)11-15(12-18)17(4,5)6/h7-11H,1-6H3/b15-11+. The van der Waals surface area contributed by atoms with Crippen LogP contribution < -0.4 is 0 Å². The van der Waals surface area contributed by atoms with Crippen molar-refractivity contribution >= 4 is 6.08 Å². The summed E-state index contributed by atoms with van der Waals surface area (Å²) in [6.45, 7) is 12.8. The van der Waals surface area contributed by atoms with Crippen molar-refractivity contribution < 1.29 is 0 Å². The topological polar surface area (TPSA) is 23.8 Å². The van der Waals surface area contributed by atoms with Gasteiger partial charge in [0.2, 0.25) is 0 Å². The number of nitrogens with zero attached hydrogens (tertiary/aromatic N) is 1. The third-order valence-corrected chi connectivity index (χ3v) is 3.02. The largest absolute Gasteiger partial charge is 0.193 e. The molecule has 1 aromatic carbocycles. The third kappa shape index (κ3) is 3.74. The van der Waals surface area contributed by atoms with Gasteiger partial charge in [0.15, 0.2) is 0 Å². The smallest absolute Gasteiger partial charge is 0.0952 e. The zero-order chi connectivity index (χ0) is 14.0. The molecule has 0 unspecified atom stereocenters. The highest BCUT2D eigenvalue weighted by Crippen LogP contribution is 2.27. The van der Waals surface area contributed by atoms with Crippen LogP contribution in [0.3, 0.4) is 0 Å². The Hall–Kier alpha value is -1.55. The maximum atomic E-state index is 9.19. The first-order valence-electron chi connectivity index (χ1n) is 6.37. The first kappa shape index (κ1) is 14.5. The Bertz CT molecular complexity index is 470. The fourth-order valence-corrected chi connectivity index (χ4v) is 1.66. The SMILES string of the molecule is CC(C)(C)/C(C#N)=C/c1ccc(C(C)(C)C)cc1. The second-order valence-corrected chi connectivity index (χ2v) is 6.79. The molecular weight excluding hydrogens is 218 g/mol. The lowest BCUT2D eigenvalue weighted by molar-refractivity contribution is 0.523. The summed E-state index contributed by atoms with van der Waals surface area (Å²) in [7, 11) is 0. The van der Waals surface area contributed by atoms with Gasteiger partial charge in [-0.2, -0.15) is 5.26 Å². The Morgan fingerprint density at radius 2 is 1.50 bits per heavy atom. The van der Waals surface area contributed by atoms with Crippen molar-refractivity contribution in [2.24, 2.45) is 5.41 Å². The summed E-state index contributed by atoms with van der Waals surface area (Å²) in [6.07, 6.45) is 1.98. The van der Waals surface area contributed by atoms with E-state index in [-0.39, 0.29) is 10.8 Å². The Morgan fingerprint density at radius 3 is 1.83 bits per heavy atom. The van der Waals surface area contributed by atoms with E-state index < -0.39 is 0 Å². The molecule has 0 heterocycles. The number of nitriles is 1. The fourth-order valence-electron chi connectivity index (χ4n) is 1.66. The zero-order valence-electron chi connectivity index (χ0n) is 12.3.